The van der Waals surface area contributed by atoms with Gasteiger partial charge in [-0.2, -0.15) is 0 Å². The minimum absolute atomic E-state index is 0.0143. The third-order valence-corrected chi connectivity index (χ3v) is 3.74. The Kier molecular flexibility index (Phi) is 6.57. The number of hydrogen-bond donors (Lipinski definition) is 1. The molecule has 120 valence electrons. The maximum Gasteiger partial charge on any atom is 0.240 e. The Balaban J connectivity index is 2.13. The zero-order valence-electron chi connectivity index (χ0n) is 13.4. The number of carbonyl (C=O) groups is 1. The van der Waals surface area contributed by atoms with Crippen molar-refractivity contribution in [1.29, 1.82) is 0 Å². The molecule has 0 bridgehead atoms. The summed E-state index contributed by atoms with van der Waals surface area (Å²) in [5, 5.41) is 0. The summed E-state index contributed by atoms with van der Waals surface area (Å²) in [5.41, 5.74) is 8.28. The zero-order valence-corrected chi connectivity index (χ0v) is 13.4. The standard InChI is InChI=1S/C20H24N2O/c1-2-3-14-19(21)20(23)22(15-17-10-6-4-7-11-17)16-18-12-8-5-9-13-18/h2,4-13,19H,1,3,14-16,21H2. The third kappa shape index (κ3) is 5.38. The molecule has 0 heterocycles. The van der Waals surface area contributed by atoms with Gasteiger partial charge in [0, 0.05) is 13.1 Å². The Hall–Kier alpha value is -2.39. The summed E-state index contributed by atoms with van der Waals surface area (Å²) < 4.78 is 0. The van der Waals surface area contributed by atoms with E-state index >= 15 is 0 Å². The van der Waals surface area contributed by atoms with Gasteiger partial charge >= 0.3 is 0 Å². The molecule has 2 aromatic rings. The first-order chi connectivity index (χ1) is 11.2. The molecule has 23 heavy (non-hydrogen) atoms. The molecule has 0 aliphatic heterocycles. The van der Waals surface area contributed by atoms with E-state index in [1.807, 2.05) is 65.6 Å². The topological polar surface area (TPSA) is 46.3 Å². The van der Waals surface area contributed by atoms with E-state index in [1.165, 1.54) is 0 Å². The van der Waals surface area contributed by atoms with E-state index in [1.54, 1.807) is 6.08 Å². The highest BCUT2D eigenvalue weighted by Crippen LogP contribution is 2.12. The summed E-state index contributed by atoms with van der Waals surface area (Å²) in [6, 6.07) is 19.5. The fourth-order valence-corrected chi connectivity index (χ4v) is 2.47. The lowest BCUT2D eigenvalue weighted by Crippen LogP contribution is -2.43. The molecule has 2 rings (SSSR count). The van der Waals surface area contributed by atoms with E-state index < -0.39 is 6.04 Å². The molecule has 0 aromatic heterocycles. The van der Waals surface area contributed by atoms with E-state index in [4.69, 9.17) is 5.73 Å². The summed E-state index contributed by atoms with van der Waals surface area (Å²) in [6.07, 6.45) is 3.17. The van der Waals surface area contributed by atoms with Crippen LogP contribution in [0.4, 0.5) is 0 Å². The van der Waals surface area contributed by atoms with Crippen LogP contribution in [-0.2, 0) is 17.9 Å². The molecule has 1 unspecified atom stereocenters. The van der Waals surface area contributed by atoms with Crippen LogP contribution in [-0.4, -0.2) is 16.8 Å². The number of amides is 1. The van der Waals surface area contributed by atoms with E-state index in [2.05, 4.69) is 6.58 Å². The average molecular weight is 308 g/mol. The van der Waals surface area contributed by atoms with Crippen LogP contribution in [0.1, 0.15) is 24.0 Å². The number of rotatable bonds is 8. The number of benzene rings is 2. The molecule has 3 nitrogen and oxygen atoms in total. The monoisotopic (exact) mass is 308 g/mol. The summed E-state index contributed by atoms with van der Waals surface area (Å²) in [4.78, 5) is 14.6. The molecule has 3 heteroatoms. The first-order valence-electron chi connectivity index (χ1n) is 7.94. The van der Waals surface area contributed by atoms with Gasteiger partial charge in [-0.05, 0) is 24.0 Å². The van der Waals surface area contributed by atoms with Gasteiger partial charge in [0.25, 0.3) is 0 Å². The minimum Gasteiger partial charge on any atom is -0.333 e. The van der Waals surface area contributed by atoms with Crippen LogP contribution >= 0.6 is 0 Å². The van der Waals surface area contributed by atoms with Crippen molar-refractivity contribution in [2.24, 2.45) is 5.73 Å². The van der Waals surface area contributed by atoms with Crippen molar-refractivity contribution in [3.05, 3.63) is 84.4 Å². The molecule has 0 radical (unpaired) electrons. The fraction of sp³-hybridized carbons (Fsp3) is 0.250. The highest BCUT2D eigenvalue weighted by molar-refractivity contribution is 5.81. The first kappa shape index (κ1) is 17.0. The number of carbonyl (C=O) groups excluding carboxylic acids is 1. The van der Waals surface area contributed by atoms with Crippen LogP contribution in [0.5, 0.6) is 0 Å². The lowest BCUT2D eigenvalue weighted by Gasteiger charge is -2.26. The number of nitrogens with two attached hydrogens (primary N) is 1. The third-order valence-electron chi connectivity index (χ3n) is 3.74. The second kappa shape index (κ2) is 8.91. The highest BCUT2D eigenvalue weighted by Gasteiger charge is 2.20. The van der Waals surface area contributed by atoms with Crippen LogP contribution in [0.15, 0.2) is 73.3 Å². The zero-order chi connectivity index (χ0) is 16.5. The number of nitrogens with zero attached hydrogens (tertiary/aromatic N) is 1. The van der Waals surface area contributed by atoms with Crippen molar-refractivity contribution in [3.8, 4) is 0 Å². The average Bonchev–Trinajstić information content (AvgIpc) is 2.60. The Morgan fingerprint density at radius 1 is 1.00 bits per heavy atom. The predicted octanol–water partition coefficient (Wildman–Crippen LogP) is 3.51. The molecule has 0 aliphatic rings. The smallest absolute Gasteiger partial charge is 0.240 e. The fourth-order valence-electron chi connectivity index (χ4n) is 2.47. The van der Waals surface area contributed by atoms with Gasteiger partial charge in [-0.25, -0.2) is 0 Å². The molecule has 0 saturated heterocycles. The molecular formula is C20H24N2O. The van der Waals surface area contributed by atoms with Crippen LogP contribution in [0.2, 0.25) is 0 Å². The maximum absolute atomic E-state index is 12.7. The van der Waals surface area contributed by atoms with Crippen molar-refractivity contribution in [2.45, 2.75) is 32.0 Å². The maximum atomic E-state index is 12.7. The molecule has 0 aliphatic carbocycles. The van der Waals surface area contributed by atoms with Gasteiger partial charge in [-0.15, -0.1) is 6.58 Å². The Bertz CT molecular complexity index is 569. The second-order valence-electron chi connectivity index (χ2n) is 5.64. The van der Waals surface area contributed by atoms with Crippen LogP contribution in [0.3, 0.4) is 0 Å². The van der Waals surface area contributed by atoms with Crippen molar-refractivity contribution in [1.82, 2.24) is 4.90 Å². The molecular weight excluding hydrogens is 284 g/mol. The quantitative estimate of drug-likeness (QED) is 0.759. The van der Waals surface area contributed by atoms with E-state index in [0.717, 1.165) is 17.5 Å². The largest absolute Gasteiger partial charge is 0.333 e. The molecule has 0 fully saturated rings. The van der Waals surface area contributed by atoms with Crippen molar-refractivity contribution in [2.75, 3.05) is 0 Å². The highest BCUT2D eigenvalue weighted by atomic mass is 16.2. The van der Waals surface area contributed by atoms with Crippen LogP contribution < -0.4 is 5.73 Å². The molecule has 1 amide bonds. The van der Waals surface area contributed by atoms with E-state index in [9.17, 15) is 4.79 Å². The van der Waals surface area contributed by atoms with Gasteiger partial charge in [0.1, 0.15) is 0 Å². The molecule has 2 aromatic carbocycles. The van der Waals surface area contributed by atoms with Crippen molar-refractivity contribution >= 4 is 5.91 Å². The lowest BCUT2D eigenvalue weighted by molar-refractivity contribution is -0.134. The SMILES string of the molecule is C=CCCC(N)C(=O)N(Cc1ccccc1)Cc1ccccc1. The Labute approximate surface area is 138 Å². The van der Waals surface area contributed by atoms with Gasteiger partial charge in [0.2, 0.25) is 5.91 Å². The van der Waals surface area contributed by atoms with Crippen molar-refractivity contribution in [3.63, 3.8) is 0 Å². The molecule has 2 N–H and O–H groups in total. The number of allylic oxidation sites excluding steroid dienone is 1. The number of hydrogen-bond acceptors (Lipinski definition) is 2. The summed E-state index contributed by atoms with van der Waals surface area (Å²) >= 11 is 0. The molecule has 0 saturated carbocycles. The summed E-state index contributed by atoms with van der Waals surface area (Å²) in [5.74, 6) is -0.0143. The summed E-state index contributed by atoms with van der Waals surface area (Å²) in [7, 11) is 0. The molecule has 0 spiro atoms. The summed E-state index contributed by atoms with van der Waals surface area (Å²) in [6.45, 7) is 4.82. The van der Waals surface area contributed by atoms with E-state index in [-0.39, 0.29) is 5.91 Å². The second-order valence-corrected chi connectivity index (χ2v) is 5.64. The first-order valence-corrected chi connectivity index (χ1v) is 7.94. The molecule has 1 atom stereocenters. The lowest BCUT2D eigenvalue weighted by atomic mass is 10.1. The van der Waals surface area contributed by atoms with Gasteiger partial charge in [0.05, 0.1) is 6.04 Å². The Morgan fingerprint density at radius 2 is 1.48 bits per heavy atom. The van der Waals surface area contributed by atoms with Crippen LogP contribution in [0.25, 0.3) is 0 Å². The van der Waals surface area contributed by atoms with Crippen molar-refractivity contribution < 1.29 is 4.79 Å². The predicted molar refractivity (Wildman–Crippen MR) is 94.5 cm³/mol. The van der Waals surface area contributed by atoms with Gasteiger partial charge in [0.15, 0.2) is 0 Å². The normalized spacial score (nSPS) is 11.7. The van der Waals surface area contributed by atoms with Crippen LogP contribution in [0, 0.1) is 0 Å². The minimum atomic E-state index is -0.486. The van der Waals surface area contributed by atoms with E-state index in [0.29, 0.717) is 19.5 Å². The van der Waals surface area contributed by atoms with Gasteiger partial charge < -0.3 is 10.6 Å². The van der Waals surface area contributed by atoms with Gasteiger partial charge in [-0.1, -0.05) is 66.7 Å². The Morgan fingerprint density at radius 3 is 1.91 bits per heavy atom. The van der Waals surface area contributed by atoms with Gasteiger partial charge in [-0.3, -0.25) is 4.79 Å².